The molecule has 2 aromatic rings. The van der Waals surface area contributed by atoms with Crippen LogP contribution in [0.5, 0.6) is 0 Å². The molecule has 0 bridgehead atoms. The molecule has 4 nitrogen and oxygen atoms in total. The second-order valence-corrected chi connectivity index (χ2v) is 4.53. The maximum atomic E-state index is 10.7. The number of aromatic nitrogens is 1. The summed E-state index contributed by atoms with van der Waals surface area (Å²) >= 11 is 1.52. The molecule has 0 saturated heterocycles. The molecule has 2 aromatic heterocycles. The summed E-state index contributed by atoms with van der Waals surface area (Å²) in [5, 5.41) is 8.81. The van der Waals surface area contributed by atoms with Gasteiger partial charge in [0, 0.05) is 11.1 Å². The molecule has 0 fully saturated rings. The summed E-state index contributed by atoms with van der Waals surface area (Å²) in [5.74, 6) is 1.42. The fourth-order valence-electron chi connectivity index (χ4n) is 1.34. The highest BCUT2D eigenvalue weighted by Gasteiger charge is 2.06. The van der Waals surface area contributed by atoms with Gasteiger partial charge in [0.1, 0.15) is 17.2 Å². The third-order valence-corrected chi connectivity index (χ3v) is 3.14. The van der Waals surface area contributed by atoms with E-state index < -0.39 is 5.97 Å². The Morgan fingerprint density at radius 2 is 2.29 bits per heavy atom. The molecular formula is C12H11NO3S. The third kappa shape index (κ3) is 3.10. The van der Waals surface area contributed by atoms with Crippen LogP contribution in [-0.2, 0) is 5.75 Å². The van der Waals surface area contributed by atoms with Crippen molar-refractivity contribution < 1.29 is 14.3 Å². The van der Waals surface area contributed by atoms with Crippen LogP contribution < -0.4 is 0 Å². The zero-order valence-corrected chi connectivity index (χ0v) is 10.0. The van der Waals surface area contributed by atoms with Gasteiger partial charge < -0.3 is 9.52 Å². The van der Waals surface area contributed by atoms with Crippen molar-refractivity contribution >= 4 is 17.7 Å². The van der Waals surface area contributed by atoms with Crippen LogP contribution in [0.1, 0.15) is 22.0 Å². The Kier molecular flexibility index (Phi) is 3.49. The number of carboxylic acid groups (broad SMARTS) is 1. The number of hydrogen-bond donors (Lipinski definition) is 1. The van der Waals surface area contributed by atoms with E-state index in [1.165, 1.54) is 18.0 Å². The fraction of sp³-hybridized carbons (Fsp3) is 0.167. The van der Waals surface area contributed by atoms with E-state index in [4.69, 9.17) is 9.52 Å². The Balaban J connectivity index is 2.04. The average molecular weight is 249 g/mol. The molecule has 0 spiro atoms. The van der Waals surface area contributed by atoms with Gasteiger partial charge in [-0.05, 0) is 31.2 Å². The summed E-state index contributed by atoms with van der Waals surface area (Å²) in [7, 11) is 0. The number of aromatic carboxylic acids is 1. The smallest absolute Gasteiger partial charge is 0.354 e. The maximum Gasteiger partial charge on any atom is 0.354 e. The Bertz CT molecular complexity index is 536. The van der Waals surface area contributed by atoms with Crippen LogP contribution in [0.25, 0.3) is 0 Å². The van der Waals surface area contributed by atoms with Gasteiger partial charge in [-0.3, -0.25) is 0 Å². The van der Waals surface area contributed by atoms with Crippen LogP contribution in [0.2, 0.25) is 0 Å². The van der Waals surface area contributed by atoms with Gasteiger partial charge in [-0.2, -0.15) is 0 Å². The summed E-state index contributed by atoms with van der Waals surface area (Å²) in [6, 6.07) is 7.17. The minimum Gasteiger partial charge on any atom is -0.477 e. The molecule has 0 amide bonds. The predicted molar refractivity (Wildman–Crippen MR) is 64.2 cm³/mol. The summed E-state index contributed by atoms with van der Waals surface area (Å²) in [6.45, 7) is 1.89. The molecule has 2 rings (SSSR count). The van der Waals surface area contributed by atoms with Gasteiger partial charge in [0.2, 0.25) is 0 Å². The van der Waals surface area contributed by atoms with Crippen LogP contribution in [0, 0.1) is 6.92 Å². The van der Waals surface area contributed by atoms with Crippen LogP contribution in [-0.4, -0.2) is 16.1 Å². The van der Waals surface area contributed by atoms with Crippen molar-refractivity contribution in [3.8, 4) is 0 Å². The van der Waals surface area contributed by atoms with Gasteiger partial charge in [-0.25, -0.2) is 9.78 Å². The number of rotatable bonds is 4. The van der Waals surface area contributed by atoms with Crippen LogP contribution in [0.3, 0.4) is 0 Å². The minimum absolute atomic E-state index is 0.0608. The first kappa shape index (κ1) is 11.7. The van der Waals surface area contributed by atoms with Crippen molar-refractivity contribution in [3.05, 3.63) is 47.7 Å². The number of nitrogens with zero attached hydrogens (tertiary/aromatic N) is 1. The average Bonchev–Trinajstić information content (AvgIpc) is 2.73. The van der Waals surface area contributed by atoms with Gasteiger partial charge in [0.15, 0.2) is 0 Å². The Morgan fingerprint density at radius 3 is 2.94 bits per heavy atom. The van der Waals surface area contributed by atoms with Crippen LogP contribution in [0.15, 0.2) is 39.8 Å². The van der Waals surface area contributed by atoms with Gasteiger partial charge in [-0.15, -0.1) is 11.8 Å². The lowest BCUT2D eigenvalue weighted by Gasteiger charge is -2.00. The first-order chi connectivity index (χ1) is 8.15. The highest BCUT2D eigenvalue weighted by molar-refractivity contribution is 7.98. The van der Waals surface area contributed by atoms with Crippen molar-refractivity contribution in [1.82, 2.24) is 4.98 Å². The van der Waals surface area contributed by atoms with Crippen molar-refractivity contribution in [2.24, 2.45) is 0 Å². The predicted octanol–water partition coefficient (Wildman–Crippen LogP) is 2.97. The van der Waals surface area contributed by atoms with E-state index in [1.807, 2.05) is 19.1 Å². The van der Waals surface area contributed by atoms with Crippen molar-refractivity contribution in [3.63, 3.8) is 0 Å². The molecule has 17 heavy (non-hydrogen) atoms. The quantitative estimate of drug-likeness (QED) is 0.844. The number of thioether (sulfide) groups is 1. The number of pyridine rings is 1. The van der Waals surface area contributed by atoms with E-state index in [0.717, 1.165) is 16.4 Å². The van der Waals surface area contributed by atoms with E-state index in [-0.39, 0.29) is 5.69 Å². The van der Waals surface area contributed by atoms with Crippen LogP contribution in [0.4, 0.5) is 0 Å². The van der Waals surface area contributed by atoms with E-state index in [2.05, 4.69) is 4.98 Å². The lowest BCUT2D eigenvalue weighted by atomic mass is 10.3. The minimum atomic E-state index is -1.01. The van der Waals surface area contributed by atoms with Crippen molar-refractivity contribution in [2.75, 3.05) is 0 Å². The zero-order chi connectivity index (χ0) is 12.3. The molecule has 1 N–H and O–H groups in total. The second kappa shape index (κ2) is 5.05. The SMILES string of the molecule is Cc1ccc(CSc2ccnc(C(=O)O)c2)o1. The molecule has 0 aromatic carbocycles. The fourth-order valence-corrected chi connectivity index (χ4v) is 2.15. The van der Waals surface area contributed by atoms with E-state index in [1.54, 1.807) is 12.1 Å². The lowest BCUT2D eigenvalue weighted by molar-refractivity contribution is 0.0690. The van der Waals surface area contributed by atoms with E-state index >= 15 is 0 Å². The Hall–Kier alpha value is -1.75. The molecule has 0 aliphatic carbocycles. The molecule has 0 atom stereocenters. The van der Waals surface area contributed by atoms with Crippen molar-refractivity contribution in [2.45, 2.75) is 17.6 Å². The molecule has 0 unspecified atom stereocenters. The highest BCUT2D eigenvalue weighted by atomic mass is 32.2. The maximum absolute atomic E-state index is 10.7. The standard InChI is InChI=1S/C12H11NO3S/c1-8-2-3-9(16-8)7-17-10-4-5-13-11(6-10)12(14)15/h2-6H,7H2,1H3,(H,14,15). The third-order valence-electron chi connectivity index (χ3n) is 2.13. The van der Waals surface area contributed by atoms with E-state index in [9.17, 15) is 4.79 Å². The molecule has 0 aliphatic heterocycles. The Labute approximate surface area is 103 Å². The van der Waals surface area contributed by atoms with Gasteiger partial charge in [0.05, 0.1) is 5.75 Å². The largest absolute Gasteiger partial charge is 0.477 e. The number of furan rings is 1. The first-order valence-corrected chi connectivity index (χ1v) is 6.01. The number of hydrogen-bond acceptors (Lipinski definition) is 4. The van der Waals surface area contributed by atoms with Gasteiger partial charge in [-0.1, -0.05) is 0 Å². The van der Waals surface area contributed by atoms with Crippen LogP contribution >= 0.6 is 11.8 Å². The van der Waals surface area contributed by atoms with E-state index in [0.29, 0.717) is 5.75 Å². The topological polar surface area (TPSA) is 63.3 Å². The second-order valence-electron chi connectivity index (χ2n) is 3.48. The monoisotopic (exact) mass is 249 g/mol. The molecule has 5 heteroatoms. The summed E-state index contributed by atoms with van der Waals surface area (Å²) in [6.07, 6.45) is 1.50. The normalized spacial score (nSPS) is 10.4. The zero-order valence-electron chi connectivity index (χ0n) is 9.21. The number of carbonyl (C=O) groups is 1. The molecular weight excluding hydrogens is 238 g/mol. The molecule has 0 radical (unpaired) electrons. The summed E-state index contributed by atoms with van der Waals surface area (Å²) in [4.78, 5) is 15.4. The highest BCUT2D eigenvalue weighted by Crippen LogP contribution is 2.23. The van der Waals surface area contributed by atoms with Gasteiger partial charge >= 0.3 is 5.97 Å². The Morgan fingerprint density at radius 1 is 1.47 bits per heavy atom. The lowest BCUT2D eigenvalue weighted by Crippen LogP contribution is -1.99. The van der Waals surface area contributed by atoms with Crippen molar-refractivity contribution in [1.29, 1.82) is 0 Å². The molecule has 88 valence electrons. The number of carboxylic acids is 1. The summed E-state index contributed by atoms with van der Waals surface area (Å²) < 4.78 is 5.43. The first-order valence-electron chi connectivity index (χ1n) is 5.02. The summed E-state index contributed by atoms with van der Waals surface area (Å²) in [5.41, 5.74) is 0.0608. The molecule has 2 heterocycles. The van der Waals surface area contributed by atoms with Gasteiger partial charge in [0.25, 0.3) is 0 Å². The number of aryl methyl sites for hydroxylation is 1. The molecule has 0 aliphatic rings. The molecule has 0 saturated carbocycles.